The lowest BCUT2D eigenvalue weighted by Gasteiger charge is -2.17. The molecule has 0 unspecified atom stereocenters. The summed E-state index contributed by atoms with van der Waals surface area (Å²) in [6, 6.07) is 9.86. The minimum atomic E-state index is -0.468. The van der Waals surface area contributed by atoms with E-state index < -0.39 is 5.82 Å². The summed E-state index contributed by atoms with van der Waals surface area (Å²) in [7, 11) is 1.70. The molecule has 21 heavy (non-hydrogen) atoms. The van der Waals surface area contributed by atoms with E-state index in [-0.39, 0.29) is 18.3 Å². The number of nitrogens with zero attached hydrogens (tertiary/aromatic N) is 2. The van der Waals surface area contributed by atoms with E-state index in [1.54, 1.807) is 36.5 Å². The monoisotopic (exact) mass is 288 g/mol. The van der Waals surface area contributed by atoms with Gasteiger partial charge in [0.15, 0.2) is 18.2 Å². The average molecular weight is 288 g/mol. The maximum absolute atomic E-state index is 13.4. The summed E-state index contributed by atoms with van der Waals surface area (Å²) in [5.74, 6) is -0.564. The van der Waals surface area contributed by atoms with Crippen LogP contribution in [0.1, 0.15) is 5.56 Å². The van der Waals surface area contributed by atoms with E-state index in [0.29, 0.717) is 6.54 Å². The van der Waals surface area contributed by atoms with Crippen LogP contribution in [0.2, 0.25) is 0 Å². The first-order chi connectivity index (χ1) is 10.2. The van der Waals surface area contributed by atoms with Gasteiger partial charge in [0.1, 0.15) is 0 Å². The van der Waals surface area contributed by atoms with Crippen molar-refractivity contribution in [3.8, 4) is 5.75 Å². The number of para-hydroxylation sites is 1. The lowest BCUT2D eigenvalue weighted by molar-refractivity contribution is -0.132. The van der Waals surface area contributed by atoms with Gasteiger partial charge in [-0.15, -0.1) is 0 Å². The highest BCUT2D eigenvalue weighted by molar-refractivity contribution is 5.77. The van der Waals surface area contributed by atoms with Gasteiger partial charge in [0, 0.05) is 26.0 Å². The van der Waals surface area contributed by atoms with Crippen molar-refractivity contribution in [1.29, 1.82) is 0 Å². The molecule has 0 bridgehead atoms. The van der Waals surface area contributed by atoms with Crippen LogP contribution in [0.5, 0.6) is 5.75 Å². The average Bonchev–Trinajstić information content (AvgIpc) is 2.52. The van der Waals surface area contributed by atoms with Crippen LogP contribution in [0.25, 0.3) is 0 Å². The van der Waals surface area contributed by atoms with E-state index in [0.717, 1.165) is 12.0 Å². The van der Waals surface area contributed by atoms with Crippen molar-refractivity contribution in [2.45, 2.75) is 6.42 Å². The number of hydrogen-bond acceptors (Lipinski definition) is 3. The number of halogens is 1. The first-order valence-electron chi connectivity index (χ1n) is 6.67. The van der Waals surface area contributed by atoms with Crippen LogP contribution >= 0.6 is 0 Å². The zero-order valence-corrected chi connectivity index (χ0v) is 11.8. The van der Waals surface area contributed by atoms with Crippen LogP contribution in [-0.2, 0) is 11.2 Å². The van der Waals surface area contributed by atoms with E-state index >= 15 is 0 Å². The molecule has 0 aliphatic carbocycles. The number of aromatic nitrogens is 1. The summed E-state index contributed by atoms with van der Waals surface area (Å²) < 4.78 is 18.6. The van der Waals surface area contributed by atoms with E-state index in [2.05, 4.69) is 4.98 Å². The quantitative estimate of drug-likeness (QED) is 0.819. The molecule has 4 nitrogen and oxygen atoms in total. The molecule has 2 rings (SSSR count). The van der Waals surface area contributed by atoms with Crippen molar-refractivity contribution in [1.82, 2.24) is 9.88 Å². The maximum atomic E-state index is 13.4. The molecule has 0 saturated carbocycles. The van der Waals surface area contributed by atoms with Crippen LogP contribution < -0.4 is 4.74 Å². The number of amides is 1. The molecule has 1 aromatic carbocycles. The van der Waals surface area contributed by atoms with Crippen LogP contribution in [-0.4, -0.2) is 36.0 Å². The number of carbonyl (C=O) groups is 1. The molecule has 0 atom stereocenters. The summed E-state index contributed by atoms with van der Waals surface area (Å²) in [5.41, 5.74) is 1.11. The van der Waals surface area contributed by atoms with Crippen molar-refractivity contribution in [2.75, 3.05) is 20.2 Å². The first-order valence-corrected chi connectivity index (χ1v) is 6.67. The molecular weight excluding hydrogens is 271 g/mol. The Hall–Kier alpha value is -2.43. The summed E-state index contributed by atoms with van der Waals surface area (Å²) in [6.07, 6.45) is 4.18. The topological polar surface area (TPSA) is 42.4 Å². The number of hydrogen-bond donors (Lipinski definition) is 0. The fraction of sp³-hybridized carbons (Fsp3) is 0.250. The molecule has 2 aromatic rings. The molecule has 0 aliphatic heterocycles. The van der Waals surface area contributed by atoms with Crippen LogP contribution in [0.4, 0.5) is 4.39 Å². The maximum Gasteiger partial charge on any atom is 0.260 e. The molecule has 0 fully saturated rings. The fourth-order valence-corrected chi connectivity index (χ4v) is 1.78. The van der Waals surface area contributed by atoms with Crippen LogP contribution in [0.15, 0.2) is 48.8 Å². The molecule has 0 saturated heterocycles. The molecule has 1 heterocycles. The van der Waals surface area contributed by atoms with Crippen LogP contribution in [0, 0.1) is 5.82 Å². The largest absolute Gasteiger partial charge is 0.481 e. The highest BCUT2D eigenvalue weighted by Gasteiger charge is 2.11. The second kappa shape index (κ2) is 7.38. The minimum Gasteiger partial charge on any atom is -0.481 e. The lowest BCUT2D eigenvalue weighted by Crippen LogP contribution is -2.33. The Morgan fingerprint density at radius 1 is 1.24 bits per heavy atom. The number of rotatable bonds is 6. The summed E-state index contributed by atoms with van der Waals surface area (Å²) in [6.45, 7) is 0.400. The Labute approximate surface area is 123 Å². The van der Waals surface area contributed by atoms with Crippen molar-refractivity contribution in [2.24, 2.45) is 0 Å². The normalized spacial score (nSPS) is 10.2. The van der Waals surface area contributed by atoms with Gasteiger partial charge in [-0.1, -0.05) is 12.1 Å². The highest BCUT2D eigenvalue weighted by atomic mass is 19.1. The molecule has 1 aromatic heterocycles. The third-order valence-electron chi connectivity index (χ3n) is 3.10. The van der Waals surface area contributed by atoms with Gasteiger partial charge >= 0.3 is 0 Å². The molecular formula is C16H17FN2O2. The van der Waals surface area contributed by atoms with Crippen molar-refractivity contribution < 1.29 is 13.9 Å². The third kappa shape index (κ3) is 4.56. The van der Waals surface area contributed by atoms with Gasteiger partial charge in [0.05, 0.1) is 0 Å². The summed E-state index contributed by atoms with van der Waals surface area (Å²) >= 11 is 0. The van der Waals surface area contributed by atoms with Gasteiger partial charge in [-0.05, 0) is 36.2 Å². The standard InChI is InChI=1S/C16H17FN2O2/c1-19(11-8-13-6-9-18-10-7-13)16(20)12-21-15-5-3-2-4-14(15)17/h2-7,9-10H,8,11-12H2,1H3. The van der Waals surface area contributed by atoms with Crippen LogP contribution in [0.3, 0.4) is 0 Å². The second-order valence-electron chi connectivity index (χ2n) is 4.64. The number of likely N-dealkylation sites (N-methyl/N-ethyl adjacent to an activating group) is 1. The first kappa shape index (κ1) is 15.0. The van der Waals surface area contributed by atoms with Gasteiger partial charge < -0.3 is 9.64 Å². The number of carbonyl (C=O) groups excluding carboxylic acids is 1. The van der Waals surface area contributed by atoms with Gasteiger partial charge in [-0.3, -0.25) is 9.78 Å². The van der Waals surface area contributed by atoms with Gasteiger partial charge in [-0.2, -0.15) is 0 Å². The Balaban J connectivity index is 1.79. The Morgan fingerprint density at radius 2 is 1.95 bits per heavy atom. The third-order valence-corrected chi connectivity index (χ3v) is 3.10. The highest BCUT2D eigenvalue weighted by Crippen LogP contribution is 2.15. The Kier molecular flexibility index (Phi) is 5.26. The number of pyridine rings is 1. The smallest absolute Gasteiger partial charge is 0.260 e. The van der Waals surface area contributed by atoms with E-state index in [1.165, 1.54) is 12.1 Å². The molecule has 1 amide bonds. The Morgan fingerprint density at radius 3 is 2.67 bits per heavy atom. The fourth-order valence-electron chi connectivity index (χ4n) is 1.78. The molecule has 110 valence electrons. The van der Waals surface area contributed by atoms with Crippen molar-refractivity contribution in [3.63, 3.8) is 0 Å². The molecule has 0 spiro atoms. The van der Waals surface area contributed by atoms with E-state index in [4.69, 9.17) is 4.74 Å². The SMILES string of the molecule is CN(CCc1ccncc1)C(=O)COc1ccccc1F. The lowest BCUT2D eigenvalue weighted by atomic mass is 10.2. The molecule has 0 radical (unpaired) electrons. The zero-order valence-electron chi connectivity index (χ0n) is 11.8. The molecule has 0 aliphatic rings. The molecule has 5 heteroatoms. The molecule has 0 N–H and O–H groups in total. The van der Waals surface area contributed by atoms with Gasteiger partial charge in [-0.25, -0.2) is 4.39 Å². The second-order valence-corrected chi connectivity index (χ2v) is 4.64. The zero-order chi connectivity index (χ0) is 15.1. The van der Waals surface area contributed by atoms with Crippen molar-refractivity contribution >= 4 is 5.91 Å². The summed E-state index contributed by atoms with van der Waals surface area (Å²) in [4.78, 5) is 17.4. The Bertz CT molecular complexity index is 590. The van der Waals surface area contributed by atoms with E-state index in [1.807, 2.05) is 12.1 Å². The minimum absolute atomic E-state index is 0.0911. The van der Waals surface area contributed by atoms with Gasteiger partial charge in [0.25, 0.3) is 5.91 Å². The predicted molar refractivity (Wildman–Crippen MR) is 77.5 cm³/mol. The number of ether oxygens (including phenoxy) is 1. The predicted octanol–water partition coefficient (Wildman–Crippen LogP) is 2.30. The van der Waals surface area contributed by atoms with Crippen molar-refractivity contribution in [3.05, 3.63) is 60.2 Å². The number of benzene rings is 1. The summed E-state index contributed by atoms with van der Waals surface area (Å²) in [5, 5.41) is 0. The van der Waals surface area contributed by atoms with Gasteiger partial charge in [0.2, 0.25) is 0 Å². The van der Waals surface area contributed by atoms with E-state index in [9.17, 15) is 9.18 Å².